The molecule has 2 rings (SSSR count). The van der Waals surface area contributed by atoms with Crippen LogP contribution in [0, 0.1) is 13.8 Å². The molecule has 1 aromatic heterocycles. The Kier molecular flexibility index (Phi) is 3.61. The van der Waals surface area contributed by atoms with Crippen LogP contribution >= 0.6 is 0 Å². The van der Waals surface area contributed by atoms with E-state index in [2.05, 4.69) is 5.10 Å². The number of halogens is 3. The van der Waals surface area contributed by atoms with E-state index < -0.39 is 17.5 Å². The van der Waals surface area contributed by atoms with Gasteiger partial charge in [0.2, 0.25) is 0 Å². The van der Waals surface area contributed by atoms with Crippen molar-refractivity contribution in [3.05, 3.63) is 46.8 Å². The average molecular weight is 298 g/mol. The lowest BCUT2D eigenvalue weighted by Gasteiger charge is -2.20. The maximum absolute atomic E-state index is 13.4. The molecule has 1 heterocycles. The fourth-order valence-corrected chi connectivity index (χ4v) is 2.20. The minimum absolute atomic E-state index is 0.240. The maximum atomic E-state index is 13.4. The molecule has 0 saturated heterocycles. The Morgan fingerprint density at radius 1 is 1.14 bits per heavy atom. The molecule has 0 aliphatic carbocycles. The second-order valence-corrected chi connectivity index (χ2v) is 5.67. The molecule has 1 aromatic carbocycles. The first-order valence-electron chi connectivity index (χ1n) is 6.47. The molecule has 0 saturated carbocycles. The topological polar surface area (TPSA) is 38.0 Å². The summed E-state index contributed by atoms with van der Waals surface area (Å²) in [7, 11) is 0. The zero-order chi connectivity index (χ0) is 16.0. The van der Waals surface area contributed by atoms with Crippen LogP contribution in [0.25, 0.3) is 5.69 Å². The maximum Gasteiger partial charge on any atom is 0.433 e. The first-order chi connectivity index (χ1) is 9.51. The number of hydrogen-bond acceptors (Lipinski definition) is 2. The SMILES string of the molecule is Cc1ccc(C)c(-n2ncc(C(C)(C)O)c2C(F)(F)F)c1. The highest BCUT2D eigenvalue weighted by atomic mass is 19.4. The van der Waals surface area contributed by atoms with Crippen molar-refractivity contribution in [3.63, 3.8) is 0 Å². The monoisotopic (exact) mass is 298 g/mol. The summed E-state index contributed by atoms with van der Waals surface area (Å²) in [5.41, 5.74) is -0.932. The van der Waals surface area contributed by atoms with Crippen molar-refractivity contribution < 1.29 is 18.3 Å². The van der Waals surface area contributed by atoms with Gasteiger partial charge in [-0.25, -0.2) is 4.68 Å². The third-order valence-electron chi connectivity index (χ3n) is 3.29. The summed E-state index contributed by atoms with van der Waals surface area (Å²) in [6.07, 6.45) is -3.54. The highest BCUT2D eigenvalue weighted by molar-refractivity contribution is 5.45. The molecular formula is C15H17F3N2O. The summed E-state index contributed by atoms with van der Waals surface area (Å²) in [4.78, 5) is 0. The minimum atomic E-state index is -4.61. The van der Waals surface area contributed by atoms with E-state index >= 15 is 0 Å². The van der Waals surface area contributed by atoms with Gasteiger partial charge in [0.1, 0.15) is 0 Å². The summed E-state index contributed by atoms with van der Waals surface area (Å²) in [6, 6.07) is 5.22. The molecule has 0 aliphatic heterocycles. The van der Waals surface area contributed by atoms with E-state index in [-0.39, 0.29) is 5.56 Å². The van der Waals surface area contributed by atoms with Gasteiger partial charge in [-0.2, -0.15) is 18.3 Å². The molecule has 3 nitrogen and oxygen atoms in total. The first-order valence-corrected chi connectivity index (χ1v) is 6.47. The Balaban J connectivity index is 2.76. The Morgan fingerprint density at radius 3 is 2.29 bits per heavy atom. The molecule has 1 N–H and O–H groups in total. The van der Waals surface area contributed by atoms with Crippen molar-refractivity contribution in [1.29, 1.82) is 0 Å². The number of alkyl halides is 3. The predicted octanol–water partition coefficient (Wildman–Crippen LogP) is 3.74. The summed E-state index contributed by atoms with van der Waals surface area (Å²) in [5.74, 6) is 0. The van der Waals surface area contributed by atoms with E-state index in [9.17, 15) is 18.3 Å². The number of aromatic nitrogens is 2. The van der Waals surface area contributed by atoms with Crippen LogP contribution < -0.4 is 0 Å². The molecule has 2 aromatic rings. The van der Waals surface area contributed by atoms with Gasteiger partial charge in [-0.15, -0.1) is 0 Å². The fourth-order valence-electron chi connectivity index (χ4n) is 2.20. The van der Waals surface area contributed by atoms with Crippen LogP contribution in [0.4, 0.5) is 13.2 Å². The van der Waals surface area contributed by atoms with Crippen molar-refractivity contribution in [2.75, 3.05) is 0 Å². The molecule has 0 aliphatic rings. The molecule has 0 unspecified atom stereocenters. The van der Waals surface area contributed by atoms with Crippen molar-refractivity contribution in [2.24, 2.45) is 0 Å². The summed E-state index contributed by atoms with van der Waals surface area (Å²) < 4.78 is 41.1. The lowest BCUT2D eigenvalue weighted by molar-refractivity contribution is -0.145. The summed E-state index contributed by atoms with van der Waals surface area (Å²) >= 11 is 0. The summed E-state index contributed by atoms with van der Waals surface area (Å²) in [6.45, 7) is 6.15. The molecule has 0 radical (unpaired) electrons. The molecule has 114 valence electrons. The van der Waals surface area contributed by atoms with E-state index in [0.29, 0.717) is 11.3 Å². The molecule has 21 heavy (non-hydrogen) atoms. The normalized spacial score (nSPS) is 12.8. The number of benzene rings is 1. The molecule has 0 atom stereocenters. The third-order valence-corrected chi connectivity index (χ3v) is 3.29. The quantitative estimate of drug-likeness (QED) is 0.917. The summed E-state index contributed by atoms with van der Waals surface area (Å²) in [5, 5.41) is 13.8. The van der Waals surface area contributed by atoms with Crippen LogP contribution in [-0.2, 0) is 11.8 Å². The zero-order valence-electron chi connectivity index (χ0n) is 12.3. The Bertz CT molecular complexity index is 667. The smallest absolute Gasteiger partial charge is 0.386 e. The van der Waals surface area contributed by atoms with Crippen molar-refractivity contribution in [1.82, 2.24) is 9.78 Å². The van der Waals surface area contributed by atoms with Gasteiger partial charge in [-0.1, -0.05) is 12.1 Å². The zero-order valence-corrected chi connectivity index (χ0v) is 12.3. The Morgan fingerprint density at radius 2 is 1.76 bits per heavy atom. The van der Waals surface area contributed by atoms with Crippen LogP contribution in [0.2, 0.25) is 0 Å². The fraction of sp³-hybridized carbons (Fsp3) is 0.400. The van der Waals surface area contributed by atoms with Crippen LogP contribution in [0.1, 0.15) is 36.2 Å². The van der Waals surface area contributed by atoms with Gasteiger partial charge in [-0.3, -0.25) is 0 Å². The second kappa shape index (κ2) is 4.87. The average Bonchev–Trinajstić information content (AvgIpc) is 2.76. The number of hydrogen-bond donors (Lipinski definition) is 1. The minimum Gasteiger partial charge on any atom is -0.386 e. The highest BCUT2D eigenvalue weighted by Gasteiger charge is 2.42. The number of aryl methyl sites for hydroxylation is 2. The number of aliphatic hydroxyl groups is 1. The van der Waals surface area contributed by atoms with Crippen LogP contribution in [0.5, 0.6) is 0 Å². The van der Waals surface area contributed by atoms with Gasteiger partial charge in [0.25, 0.3) is 0 Å². The predicted molar refractivity (Wildman–Crippen MR) is 73.3 cm³/mol. The standard InChI is InChI=1S/C15H17F3N2O/c1-9-5-6-10(2)12(7-9)20-13(15(16,17)18)11(8-19-20)14(3,4)21/h5-8,21H,1-4H3. The first kappa shape index (κ1) is 15.6. The number of nitrogens with zero attached hydrogens (tertiary/aromatic N) is 2. The van der Waals surface area contributed by atoms with Crippen LogP contribution in [-0.4, -0.2) is 14.9 Å². The van der Waals surface area contributed by atoms with E-state index in [1.807, 2.05) is 6.07 Å². The van der Waals surface area contributed by atoms with Crippen LogP contribution in [0.3, 0.4) is 0 Å². The van der Waals surface area contributed by atoms with Crippen LogP contribution in [0.15, 0.2) is 24.4 Å². The van der Waals surface area contributed by atoms with Crippen molar-refractivity contribution >= 4 is 0 Å². The van der Waals surface area contributed by atoms with E-state index in [4.69, 9.17) is 0 Å². The lowest BCUT2D eigenvalue weighted by Crippen LogP contribution is -2.23. The Hall–Kier alpha value is -1.82. The van der Waals surface area contributed by atoms with Gasteiger partial charge in [0.15, 0.2) is 5.69 Å². The van der Waals surface area contributed by atoms with Crippen molar-refractivity contribution in [3.8, 4) is 5.69 Å². The lowest BCUT2D eigenvalue weighted by atomic mass is 9.98. The molecule has 6 heteroatoms. The largest absolute Gasteiger partial charge is 0.433 e. The van der Waals surface area contributed by atoms with Gasteiger partial charge < -0.3 is 5.11 Å². The van der Waals surface area contributed by atoms with E-state index in [1.54, 1.807) is 26.0 Å². The molecule has 0 fully saturated rings. The van der Waals surface area contributed by atoms with Gasteiger partial charge in [-0.05, 0) is 44.9 Å². The molecule has 0 spiro atoms. The van der Waals surface area contributed by atoms with Crippen molar-refractivity contribution in [2.45, 2.75) is 39.5 Å². The van der Waals surface area contributed by atoms with E-state index in [1.165, 1.54) is 13.8 Å². The van der Waals surface area contributed by atoms with Gasteiger partial charge >= 0.3 is 6.18 Å². The highest BCUT2D eigenvalue weighted by Crippen LogP contribution is 2.38. The van der Waals surface area contributed by atoms with E-state index in [0.717, 1.165) is 16.4 Å². The second-order valence-electron chi connectivity index (χ2n) is 5.67. The van der Waals surface area contributed by atoms with Gasteiger partial charge in [0.05, 0.1) is 17.5 Å². The molecule has 0 amide bonds. The number of rotatable bonds is 2. The van der Waals surface area contributed by atoms with Gasteiger partial charge in [0, 0.05) is 5.56 Å². The third kappa shape index (κ3) is 2.95. The molecule has 0 bridgehead atoms. The Labute approximate surface area is 121 Å². The molecular weight excluding hydrogens is 281 g/mol.